The number of hydrogen-bond acceptors (Lipinski definition) is 0. The van der Waals surface area contributed by atoms with Gasteiger partial charge in [-0.05, 0) is 30.9 Å². The maximum atomic E-state index is 2.37. The van der Waals surface area contributed by atoms with Gasteiger partial charge in [-0.1, -0.05) is 95.0 Å². The molecule has 0 atom stereocenters. The zero-order valence-electron chi connectivity index (χ0n) is 17.5. The average Bonchev–Trinajstić information content (AvgIpc) is 2.71. The van der Waals surface area contributed by atoms with Crippen LogP contribution in [0.1, 0.15) is 88.7 Å². The number of hydrogen-bond donors (Lipinski definition) is 0. The average molecular weight is 367 g/mol. The van der Waals surface area contributed by atoms with Crippen LogP contribution in [-0.4, -0.2) is 0 Å². The van der Waals surface area contributed by atoms with Gasteiger partial charge in [0.2, 0.25) is 0 Å². The molecule has 0 saturated heterocycles. The van der Waals surface area contributed by atoms with Gasteiger partial charge in [0.1, 0.15) is 6.54 Å². The largest absolute Gasteiger partial charge is 0.205 e. The Hall–Kier alpha value is -1.63. The molecule has 1 heterocycles. The number of benzene rings is 1. The first kappa shape index (κ1) is 21.7. The highest BCUT2D eigenvalue weighted by Crippen LogP contribution is 2.12. The first-order valence-corrected chi connectivity index (χ1v) is 11.4. The Morgan fingerprint density at radius 3 is 1.89 bits per heavy atom. The molecule has 0 spiro atoms. The third-order valence-electron chi connectivity index (χ3n) is 5.46. The van der Waals surface area contributed by atoms with Crippen LogP contribution in [-0.2, 0) is 19.4 Å². The van der Waals surface area contributed by atoms with Crippen LogP contribution in [0.15, 0.2) is 54.9 Å². The van der Waals surface area contributed by atoms with Crippen LogP contribution in [0.4, 0.5) is 0 Å². The second-order valence-electron chi connectivity index (χ2n) is 7.97. The maximum Gasteiger partial charge on any atom is 0.171 e. The van der Waals surface area contributed by atoms with Crippen molar-refractivity contribution < 1.29 is 4.57 Å². The third-order valence-corrected chi connectivity index (χ3v) is 5.46. The lowest BCUT2D eigenvalue weighted by atomic mass is 10.0. The summed E-state index contributed by atoms with van der Waals surface area (Å²) >= 11 is 0. The van der Waals surface area contributed by atoms with Crippen molar-refractivity contribution in [2.75, 3.05) is 0 Å². The molecule has 0 N–H and O–H groups in total. The van der Waals surface area contributed by atoms with E-state index in [-0.39, 0.29) is 0 Å². The predicted molar refractivity (Wildman–Crippen MR) is 117 cm³/mol. The monoisotopic (exact) mass is 366 g/mol. The molecule has 27 heavy (non-hydrogen) atoms. The van der Waals surface area contributed by atoms with Gasteiger partial charge < -0.3 is 0 Å². The standard InChI is InChI=1S/C26H40N/c1-2-3-4-5-6-7-8-9-10-12-19-26-21-16-23-27(24-26)22-15-20-25-17-13-11-14-18-25/h11,13-14,16-18,21,23-24H,2-10,12,15,19-20,22H2,1H3/q+1. The molecule has 1 aromatic heterocycles. The van der Waals surface area contributed by atoms with E-state index in [9.17, 15) is 0 Å². The summed E-state index contributed by atoms with van der Waals surface area (Å²) in [6.07, 6.45) is 22.3. The van der Waals surface area contributed by atoms with Gasteiger partial charge in [-0.15, -0.1) is 0 Å². The number of rotatable bonds is 15. The molecule has 0 bridgehead atoms. The van der Waals surface area contributed by atoms with Crippen molar-refractivity contribution in [3.63, 3.8) is 0 Å². The van der Waals surface area contributed by atoms with Gasteiger partial charge in [0, 0.05) is 18.1 Å². The molecule has 148 valence electrons. The number of pyridine rings is 1. The van der Waals surface area contributed by atoms with Crippen LogP contribution >= 0.6 is 0 Å². The summed E-state index contributed by atoms with van der Waals surface area (Å²) in [7, 11) is 0. The van der Waals surface area contributed by atoms with E-state index in [1.165, 1.54) is 88.2 Å². The Kier molecular flexibility index (Phi) is 11.6. The van der Waals surface area contributed by atoms with Crippen LogP contribution in [0.25, 0.3) is 0 Å². The number of aromatic nitrogens is 1. The predicted octanol–water partition coefficient (Wildman–Crippen LogP) is 7.07. The minimum atomic E-state index is 1.11. The molecule has 0 fully saturated rings. The van der Waals surface area contributed by atoms with Gasteiger partial charge in [0.15, 0.2) is 12.4 Å². The first-order valence-electron chi connectivity index (χ1n) is 11.4. The van der Waals surface area contributed by atoms with Crippen LogP contribution in [0.3, 0.4) is 0 Å². The van der Waals surface area contributed by atoms with Crippen molar-refractivity contribution in [2.24, 2.45) is 0 Å². The summed E-state index contributed by atoms with van der Waals surface area (Å²) in [5, 5.41) is 0. The van der Waals surface area contributed by atoms with E-state index in [1.807, 2.05) is 0 Å². The van der Waals surface area contributed by atoms with E-state index in [2.05, 4.69) is 66.3 Å². The molecule has 2 aromatic rings. The fourth-order valence-electron chi connectivity index (χ4n) is 3.79. The van der Waals surface area contributed by atoms with Crippen LogP contribution in [0.2, 0.25) is 0 Å². The lowest BCUT2D eigenvalue weighted by Gasteiger charge is -2.03. The molecule has 0 aliphatic rings. The minimum Gasteiger partial charge on any atom is -0.205 e. The molecule has 0 radical (unpaired) electrons. The zero-order valence-corrected chi connectivity index (χ0v) is 17.5. The quantitative estimate of drug-likeness (QED) is 0.234. The van der Waals surface area contributed by atoms with Gasteiger partial charge in [-0.25, -0.2) is 4.57 Å². The second-order valence-corrected chi connectivity index (χ2v) is 7.97. The van der Waals surface area contributed by atoms with Crippen molar-refractivity contribution in [2.45, 2.75) is 96.9 Å². The molecular formula is C26H40N+. The Labute approximate surface area is 167 Å². The fraction of sp³-hybridized carbons (Fsp3) is 0.577. The summed E-state index contributed by atoms with van der Waals surface area (Å²) < 4.78 is 2.37. The van der Waals surface area contributed by atoms with Gasteiger partial charge in [0.25, 0.3) is 0 Å². The highest BCUT2D eigenvalue weighted by molar-refractivity contribution is 5.14. The molecule has 0 unspecified atom stereocenters. The Balaban J connectivity index is 1.53. The molecule has 0 saturated carbocycles. The Morgan fingerprint density at radius 1 is 0.593 bits per heavy atom. The van der Waals surface area contributed by atoms with E-state index in [0.717, 1.165) is 13.0 Å². The summed E-state index contributed by atoms with van der Waals surface area (Å²) in [5.74, 6) is 0. The number of unbranched alkanes of at least 4 members (excludes halogenated alkanes) is 9. The third kappa shape index (κ3) is 10.3. The molecular weight excluding hydrogens is 326 g/mol. The summed E-state index contributed by atoms with van der Waals surface area (Å²) in [5.41, 5.74) is 2.94. The summed E-state index contributed by atoms with van der Waals surface area (Å²) in [6, 6.07) is 15.3. The SMILES string of the molecule is CCCCCCCCCCCCc1ccc[n+](CCCc2ccccc2)c1. The van der Waals surface area contributed by atoms with Gasteiger partial charge in [-0.2, -0.15) is 0 Å². The molecule has 0 aliphatic carbocycles. The number of nitrogens with zero attached hydrogens (tertiary/aromatic N) is 1. The molecule has 0 aliphatic heterocycles. The molecule has 1 aromatic carbocycles. The highest BCUT2D eigenvalue weighted by Gasteiger charge is 2.03. The molecule has 1 nitrogen and oxygen atoms in total. The fourth-order valence-corrected chi connectivity index (χ4v) is 3.79. The van der Waals surface area contributed by atoms with Crippen LogP contribution in [0, 0.1) is 0 Å². The summed E-state index contributed by atoms with van der Waals surface area (Å²) in [4.78, 5) is 0. The Bertz CT molecular complexity index is 590. The van der Waals surface area contributed by atoms with Crippen molar-refractivity contribution in [3.8, 4) is 0 Å². The van der Waals surface area contributed by atoms with E-state index >= 15 is 0 Å². The van der Waals surface area contributed by atoms with E-state index in [1.54, 1.807) is 0 Å². The van der Waals surface area contributed by atoms with E-state index < -0.39 is 0 Å². The molecule has 1 heteroatoms. The first-order chi connectivity index (χ1) is 13.4. The van der Waals surface area contributed by atoms with Crippen molar-refractivity contribution >= 4 is 0 Å². The van der Waals surface area contributed by atoms with Gasteiger partial charge >= 0.3 is 0 Å². The van der Waals surface area contributed by atoms with Gasteiger partial charge in [0.05, 0.1) is 0 Å². The van der Waals surface area contributed by atoms with Crippen LogP contribution in [0.5, 0.6) is 0 Å². The zero-order chi connectivity index (χ0) is 19.0. The van der Waals surface area contributed by atoms with E-state index in [4.69, 9.17) is 0 Å². The second kappa shape index (κ2) is 14.4. The highest BCUT2D eigenvalue weighted by atomic mass is 14.9. The lowest BCUT2D eigenvalue weighted by molar-refractivity contribution is -0.697. The Morgan fingerprint density at radius 2 is 1.19 bits per heavy atom. The van der Waals surface area contributed by atoms with Crippen LogP contribution < -0.4 is 4.57 Å². The summed E-state index contributed by atoms with van der Waals surface area (Å²) in [6.45, 7) is 3.40. The molecule has 0 amide bonds. The normalized spacial score (nSPS) is 11.0. The maximum absolute atomic E-state index is 2.37. The van der Waals surface area contributed by atoms with Gasteiger partial charge in [-0.3, -0.25) is 0 Å². The van der Waals surface area contributed by atoms with Crippen molar-refractivity contribution in [3.05, 3.63) is 66.0 Å². The minimum absolute atomic E-state index is 1.11. The topological polar surface area (TPSA) is 3.88 Å². The van der Waals surface area contributed by atoms with Crippen molar-refractivity contribution in [1.82, 2.24) is 0 Å². The lowest BCUT2D eigenvalue weighted by Crippen LogP contribution is -2.33. The van der Waals surface area contributed by atoms with Crippen molar-refractivity contribution in [1.29, 1.82) is 0 Å². The van der Waals surface area contributed by atoms with E-state index in [0.29, 0.717) is 0 Å². The number of aryl methyl sites for hydroxylation is 3. The molecule has 2 rings (SSSR count). The smallest absolute Gasteiger partial charge is 0.171 e.